The number of hydrogen-bond donors (Lipinski definition) is 0. The molecule has 1 nitrogen and oxygen atoms in total. The highest BCUT2D eigenvalue weighted by atomic mass is 15.2. The molecule has 24 heavy (non-hydrogen) atoms. The average Bonchev–Trinajstić information content (AvgIpc) is 2.83. The Labute approximate surface area is 146 Å². The molecule has 2 saturated heterocycles. The smallest absolute Gasteiger partial charge is 0.0133 e. The van der Waals surface area contributed by atoms with E-state index in [2.05, 4.69) is 74.3 Å². The number of rotatable bonds is 3. The molecule has 2 fully saturated rings. The predicted octanol–water partition coefficient (Wildman–Crippen LogP) is 5.11. The van der Waals surface area contributed by atoms with Crippen molar-refractivity contribution in [1.29, 1.82) is 0 Å². The van der Waals surface area contributed by atoms with Crippen molar-refractivity contribution >= 4 is 0 Å². The number of benzene rings is 2. The molecule has 2 aliphatic rings. The fourth-order valence-corrected chi connectivity index (χ4v) is 5.05. The molecule has 0 radical (unpaired) electrons. The summed E-state index contributed by atoms with van der Waals surface area (Å²) in [5.74, 6) is 1.44. The molecule has 4 rings (SSSR count). The third-order valence-corrected chi connectivity index (χ3v) is 6.53. The summed E-state index contributed by atoms with van der Waals surface area (Å²) in [4.78, 5) is 2.68. The first kappa shape index (κ1) is 15.9. The van der Waals surface area contributed by atoms with E-state index in [9.17, 15) is 0 Å². The first-order valence-corrected chi connectivity index (χ1v) is 9.46. The normalized spacial score (nSPS) is 29.8. The van der Waals surface area contributed by atoms with Gasteiger partial charge in [-0.25, -0.2) is 0 Å². The largest absolute Gasteiger partial charge is 0.300 e. The molecule has 0 N–H and O–H groups in total. The lowest BCUT2D eigenvalue weighted by molar-refractivity contribution is 0.0997. The summed E-state index contributed by atoms with van der Waals surface area (Å²) in [6, 6.07) is 20.1. The van der Waals surface area contributed by atoms with E-state index in [1.165, 1.54) is 42.4 Å². The average molecular weight is 319 g/mol. The van der Waals surface area contributed by atoms with Gasteiger partial charge in [-0.05, 0) is 69.5 Å². The number of fused-ring (bicyclic) bond motifs is 2. The van der Waals surface area contributed by atoms with Crippen LogP contribution in [0.2, 0.25) is 0 Å². The second-order valence-corrected chi connectivity index (χ2v) is 8.07. The molecule has 2 unspecified atom stereocenters. The Morgan fingerprint density at radius 3 is 2.17 bits per heavy atom. The van der Waals surface area contributed by atoms with Crippen molar-refractivity contribution in [2.75, 3.05) is 7.05 Å². The maximum absolute atomic E-state index is 2.68. The molecular weight excluding hydrogens is 290 g/mol. The van der Waals surface area contributed by atoms with Gasteiger partial charge in [0.15, 0.2) is 0 Å². The molecule has 2 aliphatic heterocycles. The summed E-state index contributed by atoms with van der Waals surface area (Å²) in [6.45, 7) is 4.36. The molecule has 1 heteroatoms. The standard InChI is InChI=1S/C23H29N/c1-16-4-8-18(9-5-16)14-22-21(19-10-6-17(2)7-11-19)15-20-12-13-23(22)24(20)3/h4-11,20-23H,12-15H2,1-3H3/t20?,21-,22+,23?/m1/s1. The van der Waals surface area contributed by atoms with E-state index in [1.807, 2.05) is 0 Å². The zero-order valence-corrected chi connectivity index (χ0v) is 15.2. The maximum Gasteiger partial charge on any atom is 0.0133 e. The quantitative estimate of drug-likeness (QED) is 0.759. The van der Waals surface area contributed by atoms with Gasteiger partial charge in [-0.3, -0.25) is 0 Å². The molecule has 2 aromatic carbocycles. The summed E-state index contributed by atoms with van der Waals surface area (Å²) >= 11 is 0. The molecule has 0 spiro atoms. The number of nitrogens with zero attached hydrogens (tertiary/aromatic N) is 1. The molecule has 2 heterocycles. The van der Waals surface area contributed by atoms with Crippen LogP contribution in [0.3, 0.4) is 0 Å². The number of piperidine rings is 1. The van der Waals surface area contributed by atoms with Crippen LogP contribution in [0, 0.1) is 19.8 Å². The zero-order valence-electron chi connectivity index (χ0n) is 15.2. The van der Waals surface area contributed by atoms with Gasteiger partial charge in [0.2, 0.25) is 0 Å². The minimum Gasteiger partial charge on any atom is -0.300 e. The van der Waals surface area contributed by atoms with Crippen molar-refractivity contribution in [2.45, 2.75) is 57.5 Å². The Morgan fingerprint density at radius 1 is 0.875 bits per heavy atom. The van der Waals surface area contributed by atoms with E-state index in [0.717, 1.165) is 18.0 Å². The highest BCUT2D eigenvalue weighted by molar-refractivity contribution is 5.29. The fraction of sp³-hybridized carbons (Fsp3) is 0.478. The molecule has 4 atom stereocenters. The predicted molar refractivity (Wildman–Crippen MR) is 101 cm³/mol. The number of aryl methyl sites for hydroxylation is 2. The van der Waals surface area contributed by atoms with Gasteiger partial charge in [-0.1, -0.05) is 59.7 Å². The monoisotopic (exact) mass is 319 g/mol. The van der Waals surface area contributed by atoms with Crippen LogP contribution < -0.4 is 0 Å². The lowest BCUT2D eigenvalue weighted by atomic mass is 9.73. The molecule has 126 valence electrons. The van der Waals surface area contributed by atoms with Crippen molar-refractivity contribution < 1.29 is 0 Å². The molecule has 2 aromatic rings. The van der Waals surface area contributed by atoms with Crippen LogP contribution in [-0.4, -0.2) is 24.0 Å². The van der Waals surface area contributed by atoms with E-state index < -0.39 is 0 Å². The van der Waals surface area contributed by atoms with Crippen LogP contribution >= 0.6 is 0 Å². The summed E-state index contributed by atoms with van der Waals surface area (Å²) in [7, 11) is 2.36. The Bertz CT molecular complexity index is 685. The lowest BCUT2D eigenvalue weighted by Crippen LogP contribution is -2.46. The molecule has 0 aromatic heterocycles. The van der Waals surface area contributed by atoms with E-state index in [0.29, 0.717) is 5.92 Å². The highest BCUT2D eigenvalue weighted by Crippen LogP contribution is 2.47. The van der Waals surface area contributed by atoms with Crippen molar-refractivity contribution in [3.8, 4) is 0 Å². The Balaban J connectivity index is 1.65. The SMILES string of the molecule is Cc1ccc(C[C@@H]2C3CCC(C[C@@H]2c2ccc(C)cc2)N3C)cc1. The van der Waals surface area contributed by atoms with Crippen molar-refractivity contribution in [3.05, 3.63) is 70.8 Å². The van der Waals surface area contributed by atoms with Crippen LogP contribution in [0.1, 0.15) is 47.4 Å². The molecule has 0 amide bonds. The Kier molecular flexibility index (Phi) is 4.22. The highest BCUT2D eigenvalue weighted by Gasteiger charge is 2.45. The molecule has 0 aliphatic carbocycles. The second kappa shape index (κ2) is 6.37. The first-order valence-electron chi connectivity index (χ1n) is 9.46. The van der Waals surface area contributed by atoms with Crippen LogP contribution in [0.15, 0.2) is 48.5 Å². The van der Waals surface area contributed by atoms with E-state index in [-0.39, 0.29) is 0 Å². The van der Waals surface area contributed by atoms with Gasteiger partial charge in [0.05, 0.1) is 0 Å². The third kappa shape index (κ3) is 2.91. The van der Waals surface area contributed by atoms with Gasteiger partial charge < -0.3 is 4.90 Å². The van der Waals surface area contributed by atoms with Gasteiger partial charge in [0.1, 0.15) is 0 Å². The third-order valence-electron chi connectivity index (χ3n) is 6.53. The fourth-order valence-electron chi connectivity index (χ4n) is 5.05. The van der Waals surface area contributed by atoms with E-state index >= 15 is 0 Å². The minimum absolute atomic E-state index is 0.709. The summed E-state index contributed by atoms with van der Waals surface area (Å²) in [5.41, 5.74) is 5.78. The van der Waals surface area contributed by atoms with Crippen molar-refractivity contribution in [1.82, 2.24) is 4.90 Å². The summed E-state index contributed by atoms with van der Waals surface area (Å²) in [6.07, 6.45) is 5.29. The topological polar surface area (TPSA) is 3.24 Å². The van der Waals surface area contributed by atoms with Crippen molar-refractivity contribution in [3.63, 3.8) is 0 Å². The van der Waals surface area contributed by atoms with Crippen LogP contribution in [0.4, 0.5) is 0 Å². The van der Waals surface area contributed by atoms with Gasteiger partial charge in [0.25, 0.3) is 0 Å². The Hall–Kier alpha value is -1.60. The van der Waals surface area contributed by atoms with Crippen LogP contribution in [0.5, 0.6) is 0 Å². The summed E-state index contributed by atoms with van der Waals surface area (Å²) < 4.78 is 0. The first-order chi connectivity index (χ1) is 11.6. The second-order valence-electron chi connectivity index (χ2n) is 8.07. The minimum atomic E-state index is 0.709. The van der Waals surface area contributed by atoms with Crippen molar-refractivity contribution in [2.24, 2.45) is 5.92 Å². The van der Waals surface area contributed by atoms with E-state index in [4.69, 9.17) is 0 Å². The van der Waals surface area contributed by atoms with Gasteiger partial charge in [-0.15, -0.1) is 0 Å². The lowest BCUT2D eigenvalue weighted by Gasteiger charge is -2.43. The Morgan fingerprint density at radius 2 is 1.50 bits per heavy atom. The summed E-state index contributed by atoms with van der Waals surface area (Å²) in [5, 5.41) is 0. The van der Waals surface area contributed by atoms with E-state index in [1.54, 1.807) is 5.56 Å². The van der Waals surface area contributed by atoms with Gasteiger partial charge >= 0.3 is 0 Å². The number of hydrogen-bond acceptors (Lipinski definition) is 1. The van der Waals surface area contributed by atoms with Crippen LogP contribution in [0.25, 0.3) is 0 Å². The zero-order chi connectivity index (χ0) is 16.7. The van der Waals surface area contributed by atoms with Gasteiger partial charge in [-0.2, -0.15) is 0 Å². The maximum atomic E-state index is 2.68. The molecule has 2 bridgehead atoms. The molecular formula is C23H29N. The van der Waals surface area contributed by atoms with Crippen LogP contribution in [-0.2, 0) is 6.42 Å². The van der Waals surface area contributed by atoms with Gasteiger partial charge in [0, 0.05) is 12.1 Å². The molecule has 0 saturated carbocycles.